The van der Waals surface area contributed by atoms with Crippen molar-refractivity contribution in [3.8, 4) is 0 Å². The second kappa shape index (κ2) is 14.7. The van der Waals surface area contributed by atoms with Gasteiger partial charge in [-0.05, 0) is 6.42 Å². The van der Waals surface area contributed by atoms with E-state index in [1.54, 1.807) is 0 Å². The van der Waals surface area contributed by atoms with Crippen LogP contribution in [0.25, 0.3) is 0 Å². The molecule has 1 saturated heterocycles. The summed E-state index contributed by atoms with van der Waals surface area (Å²) in [6.45, 7) is 0.638. The molecule has 0 saturated carbocycles. The fourth-order valence-corrected chi connectivity index (χ4v) is 0.565. The van der Waals surface area contributed by atoms with E-state index in [9.17, 15) is 4.79 Å². The molecule has 1 aliphatic rings. The van der Waals surface area contributed by atoms with E-state index < -0.39 is 0 Å². The predicted molar refractivity (Wildman–Crippen MR) is 45.2 cm³/mol. The summed E-state index contributed by atoms with van der Waals surface area (Å²) >= 11 is 0. The Morgan fingerprint density at radius 3 is 2.00 bits per heavy atom. The maximum absolute atomic E-state index is 10.1. The summed E-state index contributed by atoms with van der Waals surface area (Å²) in [5.74, 6) is 0.204. The average Bonchev–Trinajstić information content (AvgIpc) is 2.20. The van der Waals surface area contributed by atoms with E-state index in [2.05, 4.69) is 5.32 Å². The normalized spacial score (nSPS) is 12.5. The average molecular weight is 211 g/mol. The van der Waals surface area contributed by atoms with E-state index in [0.717, 1.165) is 19.4 Å². The Morgan fingerprint density at radius 2 is 1.91 bits per heavy atom. The van der Waals surface area contributed by atoms with Gasteiger partial charge in [-0.15, -0.1) is 0 Å². The predicted octanol–water partition coefficient (Wildman–Crippen LogP) is -1.70. The summed E-state index contributed by atoms with van der Waals surface area (Å²) in [5, 5.41) is 9.57. The molecule has 0 aromatic heterocycles. The Hall–Kier alpha value is 2.21. The number of carboxylic acid groups (broad SMARTS) is 1. The zero-order chi connectivity index (χ0) is 7.11. The van der Waals surface area contributed by atoms with Gasteiger partial charge in [-0.2, -0.15) is 0 Å². The van der Waals surface area contributed by atoms with Gasteiger partial charge in [0.1, 0.15) is 0 Å². The van der Waals surface area contributed by atoms with E-state index in [0.29, 0.717) is 0 Å². The van der Waals surface area contributed by atoms with Gasteiger partial charge in [0.25, 0.3) is 6.47 Å². The number of carbonyl (C=O) groups is 2. The molecule has 0 atom stereocenters. The Bertz CT molecular complexity index is 102. The van der Waals surface area contributed by atoms with E-state index in [1.165, 1.54) is 0 Å². The zero-order valence-corrected chi connectivity index (χ0v) is 4.96. The number of nitrogens with one attached hydrogen (secondary N) is 1. The van der Waals surface area contributed by atoms with Crippen molar-refractivity contribution in [3.05, 3.63) is 0 Å². The van der Waals surface area contributed by atoms with Gasteiger partial charge in [0, 0.05) is 13.0 Å². The monoisotopic (exact) mass is 211 g/mol. The molecule has 0 bridgehead atoms. The van der Waals surface area contributed by atoms with Gasteiger partial charge in [0.15, 0.2) is 0 Å². The molecular formula is C5H11K2NO3. The molecule has 0 unspecified atom stereocenters. The van der Waals surface area contributed by atoms with Gasteiger partial charge < -0.3 is 10.4 Å². The standard InChI is InChI=1S/C4H7NO.CH2O2.2K.2H/c6-4-2-1-3-5-4;2-1-3;;;;/h1-3H2,(H,5,6);1H,(H,2,3);;;;. The number of amides is 1. The van der Waals surface area contributed by atoms with Crippen molar-refractivity contribution in [2.24, 2.45) is 0 Å². The molecule has 2 N–H and O–H groups in total. The van der Waals surface area contributed by atoms with Crippen molar-refractivity contribution in [1.29, 1.82) is 0 Å². The number of hydrogen-bond donors (Lipinski definition) is 2. The Labute approximate surface area is 151 Å². The van der Waals surface area contributed by atoms with E-state index in [4.69, 9.17) is 9.90 Å². The van der Waals surface area contributed by atoms with Gasteiger partial charge >= 0.3 is 103 Å². The summed E-state index contributed by atoms with van der Waals surface area (Å²) < 4.78 is 0. The quantitative estimate of drug-likeness (QED) is 0.371. The van der Waals surface area contributed by atoms with Crippen LogP contribution in [0, 0.1) is 0 Å². The van der Waals surface area contributed by atoms with Crippen molar-refractivity contribution in [3.63, 3.8) is 0 Å². The Kier molecular flexibility index (Phi) is 25.3. The maximum atomic E-state index is 10.1. The van der Waals surface area contributed by atoms with Gasteiger partial charge in [-0.3, -0.25) is 9.59 Å². The van der Waals surface area contributed by atoms with Crippen molar-refractivity contribution in [2.45, 2.75) is 12.8 Å². The first-order valence-corrected chi connectivity index (χ1v) is 2.66. The fourth-order valence-electron chi connectivity index (χ4n) is 0.565. The third-order valence-electron chi connectivity index (χ3n) is 0.903. The molecule has 0 aliphatic carbocycles. The molecule has 56 valence electrons. The molecule has 1 amide bonds. The minimum absolute atomic E-state index is 0. The van der Waals surface area contributed by atoms with Gasteiger partial charge in [-0.1, -0.05) is 0 Å². The van der Waals surface area contributed by atoms with Crippen LogP contribution in [-0.2, 0) is 9.59 Å². The molecule has 1 fully saturated rings. The SMILES string of the molecule is O=C1CCCN1.O=CO.[KH].[KH]. The van der Waals surface area contributed by atoms with Crippen LogP contribution in [0.2, 0.25) is 0 Å². The van der Waals surface area contributed by atoms with Gasteiger partial charge in [-0.25, -0.2) is 0 Å². The van der Waals surface area contributed by atoms with Crippen LogP contribution in [0.3, 0.4) is 0 Å². The van der Waals surface area contributed by atoms with Gasteiger partial charge in [0.05, 0.1) is 0 Å². The summed E-state index contributed by atoms with van der Waals surface area (Å²) in [5.41, 5.74) is 0. The van der Waals surface area contributed by atoms with Crippen molar-refractivity contribution < 1.29 is 14.7 Å². The molecule has 11 heavy (non-hydrogen) atoms. The number of carbonyl (C=O) groups excluding carboxylic acids is 1. The number of rotatable bonds is 0. The molecule has 0 aromatic carbocycles. The summed E-state index contributed by atoms with van der Waals surface area (Å²) in [4.78, 5) is 18.5. The van der Waals surface area contributed by atoms with Crippen LogP contribution < -0.4 is 5.32 Å². The summed E-state index contributed by atoms with van der Waals surface area (Å²) in [7, 11) is 0. The Balaban J connectivity index is -0.000000116. The van der Waals surface area contributed by atoms with Crippen molar-refractivity contribution in [1.82, 2.24) is 5.32 Å². The molecule has 1 rings (SSSR count). The number of hydrogen-bond acceptors (Lipinski definition) is 2. The minimum atomic E-state index is -0.250. The van der Waals surface area contributed by atoms with E-state index >= 15 is 0 Å². The molecule has 0 spiro atoms. The molecule has 1 heterocycles. The second-order valence-corrected chi connectivity index (χ2v) is 1.56. The van der Waals surface area contributed by atoms with E-state index in [-0.39, 0.29) is 115 Å². The second-order valence-electron chi connectivity index (χ2n) is 1.56. The third-order valence-corrected chi connectivity index (χ3v) is 0.903. The van der Waals surface area contributed by atoms with Crippen LogP contribution in [0.15, 0.2) is 0 Å². The van der Waals surface area contributed by atoms with Crippen LogP contribution >= 0.6 is 0 Å². The third kappa shape index (κ3) is 15.0. The van der Waals surface area contributed by atoms with Crippen LogP contribution in [0.5, 0.6) is 0 Å². The first kappa shape index (κ1) is 18.9. The Morgan fingerprint density at radius 1 is 1.45 bits per heavy atom. The molecular weight excluding hydrogens is 200 g/mol. The van der Waals surface area contributed by atoms with Gasteiger partial charge in [0.2, 0.25) is 5.91 Å². The molecule has 1 aliphatic heterocycles. The van der Waals surface area contributed by atoms with Crippen molar-refractivity contribution >= 4 is 115 Å². The summed E-state index contributed by atoms with van der Waals surface area (Å²) in [6.07, 6.45) is 1.76. The van der Waals surface area contributed by atoms with Crippen LogP contribution in [0.4, 0.5) is 0 Å². The first-order chi connectivity index (χ1) is 4.31. The summed E-state index contributed by atoms with van der Waals surface area (Å²) in [6, 6.07) is 0. The first-order valence-electron chi connectivity index (χ1n) is 2.66. The molecule has 4 nitrogen and oxygen atoms in total. The van der Waals surface area contributed by atoms with E-state index in [1.807, 2.05) is 0 Å². The molecule has 6 heteroatoms. The molecule has 0 aromatic rings. The van der Waals surface area contributed by atoms with Crippen molar-refractivity contribution in [2.75, 3.05) is 6.54 Å². The fraction of sp³-hybridized carbons (Fsp3) is 0.600. The van der Waals surface area contributed by atoms with Crippen LogP contribution in [-0.4, -0.2) is 127 Å². The molecule has 0 radical (unpaired) electrons. The topological polar surface area (TPSA) is 66.4 Å². The zero-order valence-electron chi connectivity index (χ0n) is 4.96. The van der Waals surface area contributed by atoms with Crippen LogP contribution in [0.1, 0.15) is 12.8 Å².